The quantitative estimate of drug-likeness (QED) is 0.351. The number of imidazole rings is 1. The van der Waals surface area contributed by atoms with Crippen molar-refractivity contribution in [3.05, 3.63) is 42.6 Å². The van der Waals surface area contributed by atoms with E-state index in [0.29, 0.717) is 12.5 Å². The predicted molar refractivity (Wildman–Crippen MR) is 126 cm³/mol. The standard InChI is InChI=1S/C23H27N5O2S/c1-23(2)15-27(10-9-25-23)17-5-3-6-19-16(17)13-20(30-19)18-14-24-21-7-8-22(26-28(18)21)29-11-4-12-31/h3,5-8,13-14,25,31H,4,9-12,15H2,1-2H3. The third kappa shape index (κ3) is 3.97. The second-order valence-electron chi connectivity index (χ2n) is 8.54. The number of benzene rings is 1. The minimum absolute atomic E-state index is 0.0713. The zero-order valence-corrected chi connectivity index (χ0v) is 18.7. The Morgan fingerprint density at radius 2 is 2.16 bits per heavy atom. The van der Waals surface area contributed by atoms with Gasteiger partial charge < -0.3 is 19.4 Å². The van der Waals surface area contributed by atoms with E-state index in [1.165, 1.54) is 5.69 Å². The van der Waals surface area contributed by atoms with Crippen LogP contribution in [-0.4, -0.2) is 52.1 Å². The minimum atomic E-state index is 0.0713. The van der Waals surface area contributed by atoms with E-state index in [1.54, 1.807) is 10.7 Å². The number of hydrogen-bond acceptors (Lipinski definition) is 7. The van der Waals surface area contributed by atoms with Crippen molar-refractivity contribution in [3.63, 3.8) is 0 Å². The summed E-state index contributed by atoms with van der Waals surface area (Å²) in [7, 11) is 0. The fourth-order valence-electron chi connectivity index (χ4n) is 4.14. The van der Waals surface area contributed by atoms with Crippen molar-refractivity contribution in [2.24, 2.45) is 0 Å². The number of anilines is 1. The molecule has 0 spiro atoms. The van der Waals surface area contributed by atoms with Crippen LogP contribution in [-0.2, 0) is 0 Å². The molecule has 31 heavy (non-hydrogen) atoms. The van der Waals surface area contributed by atoms with Crippen molar-refractivity contribution in [1.29, 1.82) is 0 Å². The number of fused-ring (bicyclic) bond motifs is 2. The summed E-state index contributed by atoms with van der Waals surface area (Å²) in [6.07, 6.45) is 2.67. The molecule has 8 heteroatoms. The number of rotatable bonds is 6. The molecule has 1 aromatic carbocycles. The molecule has 0 atom stereocenters. The van der Waals surface area contributed by atoms with Crippen LogP contribution in [0.5, 0.6) is 5.88 Å². The van der Waals surface area contributed by atoms with Gasteiger partial charge in [-0.05, 0) is 50.3 Å². The Bertz CT molecular complexity index is 1220. The molecule has 1 aliphatic heterocycles. The van der Waals surface area contributed by atoms with Gasteiger partial charge in [-0.3, -0.25) is 0 Å². The van der Waals surface area contributed by atoms with Gasteiger partial charge in [-0.15, -0.1) is 5.10 Å². The minimum Gasteiger partial charge on any atom is -0.477 e. The molecule has 1 aliphatic rings. The van der Waals surface area contributed by atoms with Gasteiger partial charge >= 0.3 is 0 Å². The SMILES string of the molecule is CC1(C)CN(c2cccc3oc(-c4cnc5ccc(OCCCS)nn45)cc23)CCN1. The summed E-state index contributed by atoms with van der Waals surface area (Å²) in [5.74, 6) is 2.09. The van der Waals surface area contributed by atoms with Crippen LogP contribution >= 0.6 is 12.6 Å². The van der Waals surface area contributed by atoms with Gasteiger partial charge in [0.15, 0.2) is 11.4 Å². The molecule has 162 valence electrons. The maximum atomic E-state index is 6.25. The number of furan rings is 1. The predicted octanol–water partition coefficient (Wildman–Crippen LogP) is 4.03. The van der Waals surface area contributed by atoms with Crippen LogP contribution < -0.4 is 15.0 Å². The maximum Gasteiger partial charge on any atom is 0.231 e. The third-order valence-corrected chi connectivity index (χ3v) is 5.91. The zero-order valence-electron chi connectivity index (χ0n) is 17.8. The topological polar surface area (TPSA) is 67.8 Å². The summed E-state index contributed by atoms with van der Waals surface area (Å²) in [6, 6.07) is 12.1. The van der Waals surface area contributed by atoms with E-state index in [4.69, 9.17) is 9.15 Å². The molecule has 4 aromatic rings. The van der Waals surface area contributed by atoms with E-state index >= 15 is 0 Å². The van der Waals surface area contributed by atoms with Crippen LogP contribution in [0.3, 0.4) is 0 Å². The van der Waals surface area contributed by atoms with E-state index in [-0.39, 0.29) is 5.54 Å². The van der Waals surface area contributed by atoms with Crippen molar-refractivity contribution >= 4 is 34.9 Å². The Morgan fingerprint density at radius 1 is 1.26 bits per heavy atom. The van der Waals surface area contributed by atoms with Crippen LogP contribution in [0.4, 0.5) is 5.69 Å². The van der Waals surface area contributed by atoms with Crippen molar-refractivity contribution in [1.82, 2.24) is 19.9 Å². The average Bonchev–Trinajstić information content (AvgIpc) is 3.36. The highest BCUT2D eigenvalue weighted by Gasteiger charge is 2.27. The lowest BCUT2D eigenvalue weighted by Gasteiger charge is -2.40. The fraction of sp³-hybridized carbons (Fsp3) is 0.391. The van der Waals surface area contributed by atoms with Gasteiger partial charge in [0.2, 0.25) is 5.88 Å². The highest BCUT2D eigenvalue weighted by Crippen LogP contribution is 2.35. The summed E-state index contributed by atoms with van der Waals surface area (Å²) in [6.45, 7) is 7.92. The van der Waals surface area contributed by atoms with Gasteiger partial charge in [0.25, 0.3) is 0 Å². The lowest BCUT2D eigenvalue weighted by molar-refractivity contribution is 0.302. The molecule has 1 N–H and O–H groups in total. The van der Waals surface area contributed by atoms with Gasteiger partial charge in [-0.1, -0.05) is 6.07 Å². The molecule has 0 bridgehead atoms. The molecule has 0 aliphatic carbocycles. The fourth-order valence-corrected chi connectivity index (χ4v) is 4.27. The molecule has 3 aromatic heterocycles. The van der Waals surface area contributed by atoms with Crippen molar-refractivity contribution in [2.45, 2.75) is 25.8 Å². The number of piperazine rings is 1. The second kappa shape index (κ2) is 8.09. The van der Waals surface area contributed by atoms with Gasteiger partial charge in [0.05, 0.1) is 12.8 Å². The maximum absolute atomic E-state index is 6.25. The molecule has 0 unspecified atom stereocenters. The van der Waals surface area contributed by atoms with Crippen molar-refractivity contribution in [3.8, 4) is 17.3 Å². The van der Waals surface area contributed by atoms with E-state index < -0.39 is 0 Å². The first-order valence-electron chi connectivity index (χ1n) is 10.7. The highest BCUT2D eigenvalue weighted by molar-refractivity contribution is 7.80. The summed E-state index contributed by atoms with van der Waals surface area (Å²) in [4.78, 5) is 6.92. The molecule has 4 heterocycles. The summed E-state index contributed by atoms with van der Waals surface area (Å²) >= 11 is 4.23. The van der Waals surface area contributed by atoms with Crippen LogP contribution in [0.2, 0.25) is 0 Å². The number of ether oxygens (including phenoxy) is 1. The zero-order chi connectivity index (χ0) is 21.4. The molecule has 1 saturated heterocycles. The Kier molecular flexibility index (Phi) is 5.27. The molecule has 5 rings (SSSR count). The Morgan fingerprint density at radius 3 is 3.00 bits per heavy atom. The van der Waals surface area contributed by atoms with Crippen LogP contribution in [0.25, 0.3) is 28.1 Å². The van der Waals surface area contributed by atoms with E-state index in [2.05, 4.69) is 65.0 Å². The Hall–Kier alpha value is -2.71. The first kappa shape index (κ1) is 20.2. The largest absolute Gasteiger partial charge is 0.477 e. The molecule has 0 radical (unpaired) electrons. The summed E-state index contributed by atoms with van der Waals surface area (Å²) < 4.78 is 13.8. The highest BCUT2D eigenvalue weighted by atomic mass is 32.1. The lowest BCUT2D eigenvalue weighted by Crippen LogP contribution is -2.57. The second-order valence-corrected chi connectivity index (χ2v) is 8.99. The van der Waals surface area contributed by atoms with Crippen molar-refractivity contribution in [2.75, 3.05) is 36.9 Å². The normalized spacial score (nSPS) is 16.3. The van der Waals surface area contributed by atoms with Gasteiger partial charge in [0, 0.05) is 42.3 Å². The van der Waals surface area contributed by atoms with Crippen LogP contribution in [0.15, 0.2) is 47.0 Å². The Labute approximate surface area is 186 Å². The lowest BCUT2D eigenvalue weighted by atomic mass is 10.0. The summed E-state index contributed by atoms with van der Waals surface area (Å²) in [5, 5.41) is 9.29. The molecular formula is C23H27N5O2S. The molecule has 1 fully saturated rings. The summed E-state index contributed by atoms with van der Waals surface area (Å²) in [5.41, 5.74) is 3.68. The van der Waals surface area contributed by atoms with Gasteiger partial charge in [-0.25, -0.2) is 9.50 Å². The smallest absolute Gasteiger partial charge is 0.231 e. The van der Waals surface area contributed by atoms with Crippen LogP contribution in [0, 0.1) is 0 Å². The number of nitrogens with zero attached hydrogens (tertiary/aromatic N) is 4. The molecule has 7 nitrogen and oxygen atoms in total. The molecule has 0 amide bonds. The average molecular weight is 438 g/mol. The van der Waals surface area contributed by atoms with E-state index in [9.17, 15) is 0 Å². The molecule has 0 saturated carbocycles. The number of nitrogens with one attached hydrogen (secondary N) is 1. The van der Waals surface area contributed by atoms with E-state index in [0.717, 1.165) is 59.9 Å². The first-order valence-corrected chi connectivity index (χ1v) is 11.3. The van der Waals surface area contributed by atoms with Crippen molar-refractivity contribution < 1.29 is 9.15 Å². The first-order chi connectivity index (χ1) is 15.0. The number of thiol groups is 1. The van der Waals surface area contributed by atoms with Gasteiger partial charge in [-0.2, -0.15) is 12.6 Å². The molecular weight excluding hydrogens is 410 g/mol. The van der Waals surface area contributed by atoms with Gasteiger partial charge in [0.1, 0.15) is 11.3 Å². The van der Waals surface area contributed by atoms with Crippen LogP contribution in [0.1, 0.15) is 20.3 Å². The number of aromatic nitrogens is 3. The monoisotopic (exact) mass is 437 g/mol. The van der Waals surface area contributed by atoms with E-state index in [1.807, 2.05) is 18.2 Å². The Balaban J connectivity index is 1.52. The number of hydrogen-bond donors (Lipinski definition) is 2. The third-order valence-electron chi connectivity index (χ3n) is 5.59.